The van der Waals surface area contributed by atoms with Gasteiger partial charge in [-0.2, -0.15) is 0 Å². The van der Waals surface area contributed by atoms with E-state index < -0.39 is 0 Å². The number of aliphatic hydroxyl groups excluding tert-OH is 1. The van der Waals surface area contributed by atoms with E-state index in [2.05, 4.69) is 13.8 Å². The molecule has 2 nitrogen and oxygen atoms in total. The summed E-state index contributed by atoms with van der Waals surface area (Å²) in [5.41, 5.74) is 0. The van der Waals surface area contributed by atoms with Crippen LogP contribution in [0.15, 0.2) is 0 Å². The summed E-state index contributed by atoms with van der Waals surface area (Å²) in [7, 11) is 1.78. The van der Waals surface area contributed by atoms with Gasteiger partial charge in [0.15, 0.2) is 0 Å². The molecule has 0 spiro atoms. The van der Waals surface area contributed by atoms with Gasteiger partial charge in [0, 0.05) is 7.11 Å². The van der Waals surface area contributed by atoms with Crippen molar-refractivity contribution in [1.82, 2.24) is 0 Å². The second-order valence-corrected chi connectivity index (χ2v) is 4.51. The van der Waals surface area contributed by atoms with Gasteiger partial charge >= 0.3 is 0 Å². The Morgan fingerprint density at radius 1 is 1.15 bits per heavy atom. The molecule has 0 aromatic carbocycles. The maximum Gasteiger partial charge on any atom is 0.0591 e. The van der Waals surface area contributed by atoms with Crippen molar-refractivity contribution in [2.24, 2.45) is 11.8 Å². The van der Waals surface area contributed by atoms with Crippen molar-refractivity contribution in [2.75, 3.05) is 7.11 Å². The van der Waals surface area contributed by atoms with E-state index in [0.29, 0.717) is 17.9 Å². The van der Waals surface area contributed by atoms with Crippen LogP contribution in [0.1, 0.15) is 39.5 Å². The fourth-order valence-electron chi connectivity index (χ4n) is 2.21. The van der Waals surface area contributed by atoms with Crippen LogP contribution in [0.25, 0.3) is 0 Å². The highest BCUT2D eigenvalue weighted by atomic mass is 16.5. The lowest BCUT2D eigenvalue weighted by Crippen LogP contribution is -2.31. The third-order valence-electron chi connectivity index (χ3n) is 3.22. The Labute approximate surface area is 81.3 Å². The molecular formula is C11H22O2. The molecule has 1 rings (SSSR count). The minimum absolute atomic E-state index is 0.113. The van der Waals surface area contributed by atoms with E-state index in [-0.39, 0.29) is 6.10 Å². The number of hydrogen-bond acceptors (Lipinski definition) is 2. The van der Waals surface area contributed by atoms with Gasteiger partial charge in [0.25, 0.3) is 0 Å². The molecule has 0 radical (unpaired) electrons. The van der Waals surface area contributed by atoms with Crippen LogP contribution in [-0.4, -0.2) is 24.4 Å². The van der Waals surface area contributed by atoms with Crippen molar-refractivity contribution in [3.63, 3.8) is 0 Å². The number of rotatable bonds is 3. The van der Waals surface area contributed by atoms with E-state index in [1.54, 1.807) is 7.11 Å². The molecule has 0 saturated heterocycles. The van der Waals surface area contributed by atoms with Crippen molar-refractivity contribution in [2.45, 2.75) is 51.7 Å². The van der Waals surface area contributed by atoms with Gasteiger partial charge in [0.1, 0.15) is 0 Å². The Balaban J connectivity index is 2.32. The zero-order chi connectivity index (χ0) is 9.84. The molecule has 13 heavy (non-hydrogen) atoms. The van der Waals surface area contributed by atoms with Crippen molar-refractivity contribution in [1.29, 1.82) is 0 Å². The number of ether oxygens (including phenoxy) is 1. The third kappa shape index (κ3) is 2.96. The maximum absolute atomic E-state index is 9.87. The van der Waals surface area contributed by atoms with Crippen LogP contribution in [0.4, 0.5) is 0 Å². The first-order valence-corrected chi connectivity index (χ1v) is 5.36. The average Bonchev–Trinajstić information content (AvgIpc) is 2.17. The van der Waals surface area contributed by atoms with Gasteiger partial charge in [-0.3, -0.25) is 0 Å². The summed E-state index contributed by atoms with van der Waals surface area (Å²) in [5, 5.41) is 9.87. The average molecular weight is 186 g/mol. The second-order valence-electron chi connectivity index (χ2n) is 4.51. The van der Waals surface area contributed by atoms with Gasteiger partial charge in [-0.25, -0.2) is 0 Å². The molecule has 0 amide bonds. The van der Waals surface area contributed by atoms with Gasteiger partial charge in [0.2, 0.25) is 0 Å². The zero-order valence-electron chi connectivity index (χ0n) is 8.99. The van der Waals surface area contributed by atoms with Crippen LogP contribution < -0.4 is 0 Å². The largest absolute Gasteiger partial charge is 0.393 e. The van der Waals surface area contributed by atoms with E-state index in [1.807, 2.05) is 0 Å². The molecule has 0 aliphatic heterocycles. The first-order chi connectivity index (χ1) is 6.15. The molecule has 2 heteroatoms. The predicted octanol–water partition coefficient (Wildman–Crippen LogP) is 2.21. The van der Waals surface area contributed by atoms with Crippen LogP contribution >= 0.6 is 0 Å². The molecule has 1 fully saturated rings. The summed E-state index contributed by atoms with van der Waals surface area (Å²) in [6.07, 6.45) is 4.81. The smallest absolute Gasteiger partial charge is 0.0591 e. The van der Waals surface area contributed by atoms with Crippen molar-refractivity contribution < 1.29 is 9.84 Å². The SMILES string of the molecule is COC1CCC(C(O)C(C)C)CC1. The Morgan fingerprint density at radius 2 is 1.69 bits per heavy atom. The van der Waals surface area contributed by atoms with Crippen molar-refractivity contribution in [3.05, 3.63) is 0 Å². The Bertz CT molecular complexity index is 137. The highest BCUT2D eigenvalue weighted by Gasteiger charge is 2.27. The van der Waals surface area contributed by atoms with Crippen molar-refractivity contribution >= 4 is 0 Å². The number of methoxy groups -OCH3 is 1. The first-order valence-electron chi connectivity index (χ1n) is 5.36. The predicted molar refractivity (Wildman–Crippen MR) is 53.6 cm³/mol. The number of aliphatic hydroxyl groups is 1. The van der Waals surface area contributed by atoms with Gasteiger partial charge in [-0.05, 0) is 37.5 Å². The fourth-order valence-corrected chi connectivity index (χ4v) is 2.21. The molecule has 1 atom stereocenters. The zero-order valence-corrected chi connectivity index (χ0v) is 8.99. The van der Waals surface area contributed by atoms with Gasteiger partial charge in [-0.1, -0.05) is 13.8 Å². The molecule has 1 saturated carbocycles. The van der Waals surface area contributed by atoms with Crippen LogP contribution in [0.5, 0.6) is 0 Å². The number of hydrogen-bond donors (Lipinski definition) is 1. The lowest BCUT2D eigenvalue weighted by Gasteiger charge is -2.32. The Kier molecular flexibility index (Phi) is 4.20. The molecule has 78 valence electrons. The standard InChI is InChI=1S/C11H22O2/c1-8(2)11(12)9-4-6-10(13-3)7-5-9/h8-12H,4-7H2,1-3H3. The second kappa shape index (κ2) is 4.97. The van der Waals surface area contributed by atoms with Crippen molar-refractivity contribution in [3.8, 4) is 0 Å². The van der Waals surface area contributed by atoms with Crippen LogP contribution in [0, 0.1) is 11.8 Å². The summed E-state index contributed by atoms with van der Waals surface area (Å²) in [6, 6.07) is 0. The normalized spacial score (nSPS) is 32.1. The summed E-state index contributed by atoms with van der Waals surface area (Å²) in [6.45, 7) is 4.18. The van der Waals surface area contributed by atoms with Crippen LogP contribution in [0.2, 0.25) is 0 Å². The molecule has 1 unspecified atom stereocenters. The van der Waals surface area contributed by atoms with E-state index in [9.17, 15) is 5.11 Å². The molecule has 1 aliphatic carbocycles. The lowest BCUT2D eigenvalue weighted by molar-refractivity contribution is 0.00237. The maximum atomic E-state index is 9.87. The summed E-state index contributed by atoms with van der Waals surface area (Å²) in [5.74, 6) is 0.899. The van der Waals surface area contributed by atoms with E-state index in [1.165, 1.54) is 0 Å². The van der Waals surface area contributed by atoms with Gasteiger partial charge < -0.3 is 9.84 Å². The van der Waals surface area contributed by atoms with Gasteiger partial charge in [0.05, 0.1) is 12.2 Å². The minimum Gasteiger partial charge on any atom is -0.393 e. The molecule has 0 heterocycles. The molecule has 1 aliphatic rings. The Morgan fingerprint density at radius 3 is 2.08 bits per heavy atom. The summed E-state index contributed by atoms with van der Waals surface area (Å²) < 4.78 is 5.30. The first kappa shape index (κ1) is 11.0. The summed E-state index contributed by atoms with van der Waals surface area (Å²) >= 11 is 0. The molecule has 0 bridgehead atoms. The lowest BCUT2D eigenvalue weighted by atomic mass is 9.80. The third-order valence-corrected chi connectivity index (χ3v) is 3.22. The van der Waals surface area contributed by atoms with Crippen LogP contribution in [0.3, 0.4) is 0 Å². The monoisotopic (exact) mass is 186 g/mol. The molecule has 0 aromatic heterocycles. The highest BCUT2D eigenvalue weighted by molar-refractivity contribution is 4.79. The Hall–Kier alpha value is -0.0800. The quantitative estimate of drug-likeness (QED) is 0.732. The molecule has 0 aromatic rings. The van der Waals surface area contributed by atoms with E-state index in [0.717, 1.165) is 25.7 Å². The fraction of sp³-hybridized carbons (Fsp3) is 1.00. The molecule has 1 N–H and O–H groups in total. The summed E-state index contributed by atoms with van der Waals surface area (Å²) in [4.78, 5) is 0. The topological polar surface area (TPSA) is 29.5 Å². The van der Waals surface area contributed by atoms with E-state index in [4.69, 9.17) is 4.74 Å². The van der Waals surface area contributed by atoms with Crippen LogP contribution in [-0.2, 0) is 4.74 Å². The van der Waals surface area contributed by atoms with E-state index >= 15 is 0 Å². The molecular weight excluding hydrogens is 164 g/mol. The minimum atomic E-state index is -0.113. The highest BCUT2D eigenvalue weighted by Crippen LogP contribution is 2.30. The van der Waals surface area contributed by atoms with Gasteiger partial charge in [-0.15, -0.1) is 0 Å².